The molecule has 12 heavy (non-hydrogen) atoms. The number of aliphatic carboxylic acids is 1. The zero-order valence-corrected chi connectivity index (χ0v) is 6.03. The molecule has 0 amide bonds. The Morgan fingerprint density at radius 2 is 2.42 bits per heavy atom. The maximum atomic E-state index is 12.4. The first-order valence-electron chi connectivity index (χ1n) is 3.15. The normalized spacial score (nSPS) is 9.42. The molecule has 5 heteroatoms. The van der Waals surface area contributed by atoms with Crippen LogP contribution in [0.2, 0.25) is 0 Å². The molecule has 0 bridgehead atoms. The Kier molecular flexibility index (Phi) is 2.57. The van der Waals surface area contributed by atoms with Gasteiger partial charge in [-0.25, -0.2) is 4.79 Å². The molecule has 64 valence electrons. The van der Waals surface area contributed by atoms with Crippen LogP contribution in [-0.2, 0) is 4.79 Å². The van der Waals surface area contributed by atoms with E-state index in [1.807, 2.05) is 0 Å². The van der Waals surface area contributed by atoms with E-state index in [4.69, 9.17) is 5.11 Å². The molecule has 0 atom stereocenters. The summed E-state index contributed by atoms with van der Waals surface area (Å²) < 4.78 is 17.0. The highest BCUT2D eigenvalue weighted by atomic mass is 19.1. The Hall–Kier alpha value is -1.65. The Labute approximate surface area is 67.6 Å². The van der Waals surface area contributed by atoms with Gasteiger partial charge in [-0.3, -0.25) is 0 Å². The molecule has 1 N–H and O–H groups in total. The van der Waals surface area contributed by atoms with Crippen molar-refractivity contribution >= 4 is 5.97 Å². The first-order valence-corrected chi connectivity index (χ1v) is 3.15. The Balaban J connectivity index is 2.57. The molecule has 0 aliphatic carbocycles. The van der Waals surface area contributed by atoms with E-state index in [1.165, 1.54) is 12.1 Å². The molecule has 1 heterocycles. The van der Waals surface area contributed by atoms with Gasteiger partial charge in [0.05, 0.1) is 0 Å². The molecule has 0 aromatic carbocycles. The standard InChI is InChI=1S/C7H6FNO3/c8-5-2-1-3-6(9-5)12-4-7(10)11/h1-3H,4H2,(H,10,11). The zero-order valence-electron chi connectivity index (χ0n) is 6.03. The van der Waals surface area contributed by atoms with Gasteiger partial charge in [-0.05, 0) is 6.07 Å². The molecule has 0 radical (unpaired) electrons. The number of hydrogen-bond donors (Lipinski definition) is 1. The number of carbonyl (C=O) groups is 1. The number of aromatic nitrogens is 1. The lowest BCUT2D eigenvalue weighted by Crippen LogP contribution is -2.10. The molecule has 0 unspecified atom stereocenters. The van der Waals surface area contributed by atoms with Gasteiger partial charge in [0.15, 0.2) is 6.61 Å². The van der Waals surface area contributed by atoms with Crippen molar-refractivity contribution in [3.8, 4) is 5.88 Å². The summed E-state index contributed by atoms with van der Waals surface area (Å²) in [4.78, 5) is 13.3. The van der Waals surface area contributed by atoms with Crippen molar-refractivity contribution in [2.24, 2.45) is 0 Å². The molecular weight excluding hydrogens is 165 g/mol. The molecule has 1 aromatic heterocycles. The monoisotopic (exact) mass is 171 g/mol. The molecule has 0 saturated carbocycles. The van der Waals surface area contributed by atoms with Gasteiger partial charge in [0, 0.05) is 6.07 Å². The topological polar surface area (TPSA) is 59.4 Å². The van der Waals surface area contributed by atoms with Gasteiger partial charge >= 0.3 is 5.97 Å². The number of nitrogens with zero attached hydrogens (tertiary/aromatic N) is 1. The molecule has 0 spiro atoms. The third-order valence-corrected chi connectivity index (χ3v) is 1.03. The predicted molar refractivity (Wildman–Crippen MR) is 37.3 cm³/mol. The van der Waals surface area contributed by atoms with Gasteiger partial charge in [-0.15, -0.1) is 0 Å². The summed E-state index contributed by atoms with van der Waals surface area (Å²) in [7, 11) is 0. The highest BCUT2D eigenvalue weighted by Gasteiger charge is 2.00. The molecule has 0 aliphatic rings. The summed E-state index contributed by atoms with van der Waals surface area (Å²) in [6.07, 6.45) is 0. The van der Waals surface area contributed by atoms with Crippen molar-refractivity contribution in [3.63, 3.8) is 0 Å². The van der Waals surface area contributed by atoms with E-state index in [1.54, 1.807) is 0 Å². The van der Waals surface area contributed by atoms with Crippen molar-refractivity contribution in [3.05, 3.63) is 24.1 Å². The Morgan fingerprint density at radius 3 is 3.00 bits per heavy atom. The van der Waals surface area contributed by atoms with Crippen LogP contribution in [0.5, 0.6) is 5.88 Å². The Bertz CT molecular complexity index is 290. The minimum Gasteiger partial charge on any atom is -0.479 e. The number of hydrogen-bond acceptors (Lipinski definition) is 3. The molecule has 0 saturated heterocycles. The van der Waals surface area contributed by atoms with Crippen molar-refractivity contribution < 1.29 is 19.0 Å². The first-order chi connectivity index (χ1) is 5.68. The van der Waals surface area contributed by atoms with Crippen LogP contribution in [0.25, 0.3) is 0 Å². The lowest BCUT2D eigenvalue weighted by molar-refractivity contribution is -0.139. The van der Waals surface area contributed by atoms with Crippen LogP contribution in [0.1, 0.15) is 0 Å². The maximum absolute atomic E-state index is 12.4. The van der Waals surface area contributed by atoms with Crippen LogP contribution in [0.4, 0.5) is 4.39 Å². The van der Waals surface area contributed by atoms with E-state index >= 15 is 0 Å². The Morgan fingerprint density at radius 1 is 1.67 bits per heavy atom. The van der Waals surface area contributed by atoms with Crippen LogP contribution >= 0.6 is 0 Å². The minimum atomic E-state index is -1.12. The van der Waals surface area contributed by atoms with Crippen LogP contribution in [0.15, 0.2) is 18.2 Å². The molecule has 0 aliphatic heterocycles. The summed E-state index contributed by atoms with van der Waals surface area (Å²) in [5, 5.41) is 8.20. The van der Waals surface area contributed by atoms with Crippen LogP contribution in [0, 0.1) is 5.95 Å². The summed E-state index contributed by atoms with van der Waals surface area (Å²) in [6.45, 7) is -0.517. The summed E-state index contributed by atoms with van der Waals surface area (Å²) >= 11 is 0. The van der Waals surface area contributed by atoms with Crippen molar-refractivity contribution in [2.45, 2.75) is 0 Å². The van der Waals surface area contributed by atoms with Gasteiger partial charge in [-0.1, -0.05) is 6.07 Å². The van der Waals surface area contributed by atoms with Crippen molar-refractivity contribution in [2.75, 3.05) is 6.61 Å². The highest BCUT2D eigenvalue weighted by Crippen LogP contribution is 2.05. The smallest absolute Gasteiger partial charge is 0.341 e. The molecule has 0 fully saturated rings. The quantitative estimate of drug-likeness (QED) is 0.679. The number of carboxylic acids is 1. The SMILES string of the molecule is O=C(O)COc1cccc(F)n1. The zero-order chi connectivity index (χ0) is 8.97. The van der Waals surface area contributed by atoms with E-state index in [-0.39, 0.29) is 5.88 Å². The van der Waals surface area contributed by atoms with Gasteiger partial charge in [0.25, 0.3) is 0 Å². The fourth-order valence-corrected chi connectivity index (χ4v) is 0.606. The van der Waals surface area contributed by atoms with Crippen molar-refractivity contribution in [1.82, 2.24) is 4.98 Å². The van der Waals surface area contributed by atoms with E-state index in [9.17, 15) is 9.18 Å². The number of ether oxygens (including phenoxy) is 1. The summed E-state index contributed by atoms with van der Waals surface area (Å²) in [6, 6.07) is 3.92. The van der Waals surface area contributed by atoms with Crippen LogP contribution in [-0.4, -0.2) is 22.7 Å². The van der Waals surface area contributed by atoms with E-state index in [2.05, 4.69) is 9.72 Å². The first kappa shape index (κ1) is 8.45. The number of rotatable bonds is 3. The van der Waals surface area contributed by atoms with E-state index in [0.717, 1.165) is 6.07 Å². The molecular formula is C7H6FNO3. The molecule has 1 aromatic rings. The third-order valence-electron chi connectivity index (χ3n) is 1.03. The van der Waals surface area contributed by atoms with Gasteiger partial charge in [-0.2, -0.15) is 9.37 Å². The molecule has 4 nitrogen and oxygen atoms in total. The number of halogens is 1. The van der Waals surface area contributed by atoms with Crippen molar-refractivity contribution in [1.29, 1.82) is 0 Å². The lowest BCUT2D eigenvalue weighted by atomic mass is 10.5. The number of pyridine rings is 1. The summed E-state index contributed by atoms with van der Waals surface area (Å²) in [5.74, 6) is -1.85. The fourth-order valence-electron chi connectivity index (χ4n) is 0.606. The largest absolute Gasteiger partial charge is 0.479 e. The fraction of sp³-hybridized carbons (Fsp3) is 0.143. The third kappa shape index (κ3) is 2.53. The van der Waals surface area contributed by atoms with E-state index in [0.29, 0.717) is 0 Å². The van der Waals surface area contributed by atoms with Gasteiger partial charge in [0.2, 0.25) is 11.8 Å². The van der Waals surface area contributed by atoms with Gasteiger partial charge < -0.3 is 9.84 Å². The second kappa shape index (κ2) is 3.66. The average molecular weight is 171 g/mol. The van der Waals surface area contributed by atoms with Crippen LogP contribution < -0.4 is 4.74 Å². The number of carboxylic acid groups (broad SMARTS) is 1. The maximum Gasteiger partial charge on any atom is 0.341 e. The van der Waals surface area contributed by atoms with E-state index < -0.39 is 18.5 Å². The highest BCUT2D eigenvalue weighted by molar-refractivity contribution is 5.68. The van der Waals surface area contributed by atoms with Crippen LogP contribution in [0.3, 0.4) is 0 Å². The van der Waals surface area contributed by atoms with Gasteiger partial charge in [0.1, 0.15) is 0 Å². The summed E-state index contributed by atoms with van der Waals surface area (Å²) in [5.41, 5.74) is 0. The lowest BCUT2D eigenvalue weighted by Gasteiger charge is -1.99. The predicted octanol–water partition coefficient (Wildman–Crippen LogP) is 0.684. The molecule has 1 rings (SSSR count). The second-order valence-electron chi connectivity index (χ2n) is 1.98. The minimum absolute atomic E-state index is 0.0302. The average Bonchev–Trinajstić information content (AvgIpc) is 2.01. The second-order valence-corrected chi connectivity index (χ2v) is 1.98.